The predicted molar refractivity (Wildman–Crippen MR) is 105 cm³/mol. The number of benzene rings is 1. The van der Waals surface area contributed by atoms with Crippen LogP contribution in [-0.4, -0.2) is 45.3 Å². The Morgan fingerprint density at radius 2 is 2.21 bits per heavy atom. The average Bonchev–Trinajstić information content (AvgIpc) is 2.64. The van der Waals surface area contributed by atoms with Crippen molar-refractivity contribution in [2.24, 2.45) is 4.99 Å². The summed E-state index contributed by atoms with van der Waals surface area (Å²) in [5.41, 5.74) is 11.5. The third kappa shape index (κ3) is 4.64. The van der Waals surface area contributed by atoms with Gasteiger partial charge in [0.05, 0.1) is 42.3 Å². The molecule has 3 rings (SSSR count). The molecule has 0 radical (unpaired) electrons. The minimum atomic E-state index is -0.852. The molecule has 8 nitrogen and oxygen atoms in total. The molecule has 0 aliphatic carbocycles. The van der Waals surface area contributed by atoms with Crippen LogP contribution in [0.5, 0.6) is 0 Å². The number of hydrogen-bond acceptors (Lipinski definition) is 8. The number of aliphatic hydroxyl groups is 2. The van der Waals surface area contributed by atoms with E-state index in [1.54, 1.807) is 13.0 Å². The molecular weight excluding hydrogens is 433 g/mol. The zero-order valence-electron chi connectivity index (χ0n) is 15.2. The number of hydroxylamine groups is 1. The Bertz CT molecular complexity index is 896. The Morgan fingerprint density at radius 1 is 1.43 bits per heavy atom. The van der Waals surface area contributed by atoms with Gasteiger partial charge < -0.3 is 15.9 Å². The third-order valence-corrected chi connectivity index (χ3v) is 5.03. The number of amidine groups is 1. The minimum absolute atomic E-state index is 0.163. The second kappa shape index (κ2) is 8.91. The van der Waals surface area contributed by atoms with Crippen LogP contribution < -0.4 is 11.2 Å². The summed E-state index contributed by atoms with van der Waals surface area (Å²) in [6.45, 7) is 1.63. The smallest absolute Gasteiger partial charge is 0.220 e. The first-order valence-electron chi connectivity index (χ1n) is 8.72. The first-order chi connectivity index (χ1) is 13.4. The van der Waals surface area contributed by atoms with Crippen LogP contribution in [0.4, 0.5) is 10.3 Å². The number of hydrogen-bond donors (Lipinski definition) is 4. The lowest BCUT2D eigenvalue weighted by Crippen LogP contribution is -2.33. The number of nitrogens with one attached hydrogen (secondary N) is 1. The predicted octanol–water partition coefficient (Wildman–Crippen LogP) is 1.58. The molecular formula is C18H21BrFN5O3. The molecule has 0 fully saturated rings. The molecule has 0 amide bonds. The maximum atomic E-state index is 13.5. The van der Waals surface area contributed by atoms with Gasteiger partial charge in [-0.25, -0.2) is 19.8 Å². The molecule has 28 heavy (non-hydrogen) atoms. The van der Waals surface area contributed by atoms with Crippen molar-refractivity contribution >= 4 is 27.7 Å². The van der Waals surface area contributed by atoms with Gasteiger partial charge in [-0.3, -0.25) is 9.83 Å². The van der Waals surface area contributed by atoms with E-state index >= 15 is 0 Å². The summed E-state index contributed by atoms with van der Waals surface area (Å²) in [5.74, 6) is 0.252. The fourth-order valence-corrected chi connectivity index (χ4v) is 3.61. The average molecular weight is 454 g/mol. The highest BCUT2D eigenvalue weighted by Gasteiger charge is 2.27. The number of aliphatic hydroxyl groups excluding tert-OH is 2. The highest BCUT2D eigenvalue weighted by atomic mass is 79.9. The number of anilines is 1. The van der Waals surface area contributed by atoms with Crippen molar-refractivity contribution in [2.45, 2.75) is 31.9 Å². The third-order valence-electron chi connectivity index (χ3n) is 4.34. The molecule has 2 heterocycles. The van der Waals surface area contributed by atoms with Gasteiger partial charge in [-0.2, -0.15) is 0 Å². The summed E-state index contributed by atoms with van der Waals surface area (Å²) in [6, 6.07) is 4.11. The van der Waals surface area contributed by atoms with E-state index in [1.165, 1.54) is 12.1 Å². The molecule has 0 spiro atoms. The molecule has 0 saturated carbocycles. The van der Waals surface area contributed by atoms with E-state index in [0.29, 0.717) is 33.7 Å². The van der Waals surface area contributed by atoms with E-state index in [9.17, 15) is 9.50 Å². The van der Waals surface area contributed by atoms with Crippen LogP contribution in [0.2, 0.25) is 0 Å². The van der Waals surface area contributed by atoms with Gasteiger partial charge in [-0.1, -0.05) is 22.0 Å². The Hall–Kier alpha value is -2.14. The summed E-state index contributed by atoms with van der Waals surface area (Å²) in [4.78, 5) is 18.7. The van der Waals surface area contributed by atoms with Crippen LogP contribution in [0.15, 0.2) is 27.7 Å². The van der Waals surface area contributed by atoms with E-state index in [4.69, 9.17) is 20.7 Å². The fourth-order valence-electron chi connectivity index (χ4n) is 2.99. The van der Waals surface area contributed by atoms with Crippen LogP contribution in [-0.2, 0) is 11.3 Å². The number of halogens is 2. The van der Waals surface area contributed by atoms with Crippen LogP contribution in [0.25, 0.3) is 0 Å². The van der Waals surface area contributed by atoms with Crippen molar-refractivity contribution in [3.05, 3.63) is 51.0 Å². The second-order valence-corrected chi connectivity index (χ2v) is 7.28. The minimum Gasteiger partial charge on any atom is -0.394 e. The SMILES string of the molecule is Cc1nc(N)nc2c1C(NOCC[C@@H](O)CO)=N[C@H](c1ccc(F)cc1Br)C2. The molecule has 0 saturated heterocycles. The van der Waals surface area contributed by atoms with Gasteiger partial charge in [0.15, 0.2) is 5.84 Å². The first-order valence-corrected chi connectivity index (χ1v) is 9.51. The van der Waals surface area contributed by atoms with Crippen LogP contribution >= 0.6 is 15.9 Å². The summed E-state index contributed by atoms with van der Waals surface area (Å²) >= 11 is 3.39. The summed E-state index contributed by atoms with van der Waals surface area (Å²) < 4.78 is 14.1. The summed E-state index contributed by atoms with van der Waals surface area (Å²) in [5, 5.41) is 18.3. The largest absolute Gasteiger partial charge is 0.394 e. The van der Waals surface area contributed by atoms with Crippen molar-refractivity contribution in [1.29, 1.82) is 0 Å². The number of aromatic nitrogens is 2. The zero-order valence-corrected chi connectivity index (χ0v) is 16.8. The van der Waals surface area contributed by atoms with E-state index < -0.39 is 6.10 Å². The van der Waals surface area contributed by atoms with Crippen LogP contribution in [0.3, 0.4) is 0 Å². The van der Waals surface area contributed by atoms with Crippen molar-refractivity contribution in [3.63, 3.8) is 0 Å². The molecule has 10 heteroatoms. The van der Waals surface area contributed by atoms with Gasteiger partial charge in [-0.05, 0) is 24.6 Å². The van der Waals surface area contributed by atoms with E-state index in [1.807, 2.05) is 0 Å². The molecule has 150 valence electrons. The fraction of sp³-hybridized carbons (Fsp3) is 0.389. The Labute approximate surface area is 169 Å². The first kappa shape index (κ1) is 20.6. The van der Waals surface area contributed by atoms with Crippen molar-refractivity contribution in [1.82, 2.24) is 15.4 Å². The molecule has 0 bridgehead atoms. The van der Waals surface area contributed by atoms with Gasteiger partial charge in [0, 0.05) is 17.3 Å². The maximum Gasteiger partial charge on any atom is 0.220 e. The lowest BCUT2D eigenvalue weighted by atomic mass is 9.95. The molecule has 5 N–H and O–H groups in total. The maximum absolute atomic E-state index is 13.5. The normalized spacial score (nSPS) is 17.0. The molecule has 1 aliphatic heterocycles. The molecule has 2 aromatic rings. The lowest BCUT2D eigenvalue weighted by Gasteiger charge is -2.25. The van der Waals surface area contributed by atoms with Crippen LogP contribution in [0, 0.1) is 12.7 Å². The number of nitrogens with two attached hydrogens (primary N) is 1. The molecule has 0 unspecified atom stereocenters. The van der Waals surface area contributed by atoms with E-state index in [-0.39, 0.29) is 37.4 Å². The Kier molecular flexibility index (Phi) is 6.55. The number of nitrogen functional groups attached to an aromatic ring is 1. The van der Waals surface area contributed by atoms with Crippen molar-refractivity contribution in [3.8, 4) is 0 Å². The topological polar surface area (TPSA) is 126 Å². The van der Waals surface area contributed by atoms with Gasteiger partial charge in [0.2, 0.25) is 5.95 Å². The van der Waals surface area contributed by atoms with Gasteiger partial charge in [-0.15, -0.1) is 0 Å². The van der Waals surface area contributed by atoms with Crippen LogP contribution in [0.1, 0.15) is 35.0 Å². The van der Waals surface area contributed by atoms with Gasteiger partial charge in [0.25, 0.3) is 0 Å². The Balaban J connectivity index is 1.89. The molecule has 1 aromatic carbocycles. The number of nitrogens with zero attached hydrogens (tertiary/aromatic N) is 3. The summed E-state index contributed by atoms with van der Waals surface area (Å²) in [7, 11) is 0. The quantitative estimate of drug-likeness (QED) is 0.386. The molecule has 1 aromatic heterocycles. The highest BCUT2D eigenvalue weighted by Crippen LogP contribution is 2.34. The van der Waals surface area contributed by atoms with Crippen molar-refractivity contribution in [2.75, 3.05) is 18.9 Å². The standard InChI is InChI=1S/C18H21BrFN5O3/c1-9-16-15(24-18(21)22-9)7-14(12-3-2-10(20)6-13(12)19)23-17(16)25-28-5-4-11(27)8-26/h2-3,6,11,14,26-27H,4-5,7-8H2,1H3,(H,23,25)(H2,21,22,24)/t11-,14+/m1/s1. The van der Waals surface area contributed by atoms with Gasteiger partial charge in [0.1, 0.15) is 5.82 Å². The monoisotopic (exact) mass is 453 g/mol. The molecule has 2 atom stereocenters. The Morgan fingerprint density at radius 3 is 2.93 bits per heavy atom. The van der Waals surface area contributed by atoms with E-state index in [0.717, 1.165) is 5.56 Å². The highest BCUT2D eigenvalue weighted by molar-refractivity contribution is 9.10. The van der Waals surface area contributed by atoms with E-state index in [2.05, 4.69) is 31.4 Å². The lowest BCUT2D eigenvalue weighted by molar-refractivity contribution is 0.0287. The summed E-state index contributed by atoms with van der Waals surface area (Å²) in [6.07, 6.45) is -0.120. The second-order valence-electron chi connectivity index (χ2n) is 6.43. The van der Waals surface area contributed by atoms with Crippen molar-refractivity contribution < 1.29 is 19.4 Å². The number of fused-ring (bicyclic) bond motifs is 1. The number of aliphatic imine (C=N–C) groups is 1. The van der Waals surface area contributed by atoms with Gasteiger partial charge >= 0.3 is 0 Å². The zero-order chi connectivity index (χ0) is 20.3. The number of aryl methyl sites for hydroxylation is 1. The molecule has 1 aliphatic rings. The number of rotatable bonds is 6.